The van der Waals surface area contributed by atoms with Gasteiger partial charge in [-0.15, -0.1) is 0 Å². The fourth-order valence-electron chi connectivity index (χ4n) is 1.20. The highest BCUT2D eigenvalue weighted by atomic mass is 28.4. The standard InChI is InChI=1S/C9H14FNOSi/c1-8-5-4-6-9(12)11(8)7-13(2,3)10/h4-6H,7H2,1-3H3. The maximum atomic E-state index is 13.4. The van der Waals surface area contributed by atoms with Crippen molar-refractivity contribution in [3.05, 3.63) is 34.2 Å². The van der Waals surface area contributed by atoms with E-state index in [1.807, 2.05) is 13.0 Å². The maximum absolute atomic E-state index is 13.4. The first kappa shape index (κ1) is 10.2. The van der Waals surface area contributed by atoms with Gasteiger partial charge in [0.25, 0.3) is 14.0 Å². The normalized spacial score (nSPS) is 11.7. The minimum absolute atomic E-state index is 0.113. The van der Waals surface area contributed by atoms with Crippen molar-refractivity contribution < 1.29 is 4.11 Å². The van der Waals surface area contributed by atoms with Gasteiger partial charge in [-0.05, 0) is 26.1 Å². The average molecular weight is 199 g/mol. The Morgan fingerprint density at radius 3 is 2.54 bits per heavy atom. The number of aryl methyl sites for hydroxylation is 1. The van der Waals surface area contributed by atoms with E-state index in [1.54, 1.807) is 19.2 Å². The topological polar surface area (TPSA) is 22.0 Å². The number of halogens is 1. The Kier molecular flexibility index (Phi) is 2.70. The molecule has 0 saturated heterocycles. The summed E-state index contributed by atoms with van der Waals surface area (Å²) in [4.78, 5) is 11.3. The average Bonchev–Trinajstić information content (AvgIpc) is 1.95. The van der Waals surface area contributed by atoms with Crippen LogP contribution in [0.25, 0.3) is 0 Å². The Balaban J connectivity index is 3.08. The summed E-state index contributed by atoms with van der Waals surface area (Å²) in [6.07, 6.45) is 0.249. The lowest BCUT2D eigenvalue weighted by Crippen LogP contribution is -2.34. The van der Waals surface area contributed by atoms with Crippen LogP contribution in [-0.4, -0.2) is 13.0 Å². The van der Waals surface area contributed by atoms with Gasteiger partial charge in [0, 0.05) is 17.9 Å². The van der Waals surface area contributed by atoms with E-state index < -0.39 is 8.41 Å². The number of nitrogens with zero attached hydrogens (tertiary/aromatic N) is 1. The number of hydrogen-bond acceptors (Lipinski definition) is 1. The molecule has 0 radical (unpaired) electrons. The Morgan fingerprint density at radius 2 is 2.08 bits per heavy atom. The predicted molar refractivity (Wildman–Crippen MR) is 54.0 cm³/mol. The molecule has 0 unspecified atom stereocenters. The van der Waals surface area contributed by atoms with E-state index in [1.165, 1.54) is 10.6 Å². The van der Waals surface area contributed by atoms with E-state index in [9.17, 15) is 8.90 Å². The SMILES string of the molecule is Cc1cccc(=O)n1C[Si](C)(C)F. The molecule has 2 nitrogen and oxygen atoms in total. The van der Waals surface area contributed by atoms with Gasteiger partial charge < -0.3 is 8.67 Å². The van der Waals surface area contributed by atoms with Crippen LogP contribution in [-0.2, 0) is 6.17 Å². The summed E-state index contributed by atoms with van der Waals surface area (Å²) in [5.41, 5.74) is 0.712. The van der Waals surface area contributed by atoms with Crippen LogP contribution in [0.2, 0.25) is 13.1 Å². The minimum atomic E-state index is -2.70. The zero-order chi connectivity index (χ0) is 10.1. The Hall–Kier alpha value is -0.903. The van der Waals surface area contributed by atoms with Crippen molar-refractivity contribution in [2.24, 2.45) is 0 Å². The molecule has 0 aliphatic heterocycles. The van der Waals surface area contributed by atoms with Crippen LogP contribution in [0.3, 0.4) is 0 Å². The van der Waals surface area contributed by atoms with Gasteiger partial charge in [-0.3, -0.25) is 4.79 Å². The summed E-state index contributed by atoms with van der Waals surface area (Å²) in [5, 5.41) is 0. The van der Waals surface area contributed by atoms with Crippen LogP contribution in [0.15, 0.2) is 23.0 Å². The highest BCUT2D eigenvalue weighted by Crippen LogP contribution is 2.06. The Bertz CT molecular complexity index is 353. The second kappa shape index (κ2) is 3.45. The summed E-state index contributed by atoms with van der Waals surface area (Å²) in [6.45, 7) is 5.03. The van der Waals surface area contributed by atoms with Gasteiger partial charge in [0.2, 0.25) is 0 Å². The summed E-state index contributed by atoms with van der Waals surface area (Å²) < 4.78 is 14.9. The van der Waals surface area contributed by atoms with Crippen molar-refractivity contribution in [2.75, 3.05) is 0 Å². The van der Waals surface area contributed by atoms with Crippen molar-refractivity contribution in [1.82, 2.24) is 4.57 Å². The third-order valence-electron chi connectivity index (χ3n) is 1.80. The molecule has 4 heteroatoms. The first-order valence-electron chi connectivity index (χ1n) is 4.25. The van der Waals surface area contributed by atoms with Crippen molar-refractivity contribution in [1.29, 1.82) is 0 Å². The molecule has 0 aliphatic carbocycles. The number of aromatic nitrogens is 1. The summed E-state index contributed by atoms with van der Waals surface area (Å²) in [5.74, 6) is 0. The minimum Gasteiger partial charge on any atom is -0.313 e. The molecule has 0 aliphatic rings. The van der Waals surface area contributed by atoms with Crippen molar-refractivity contribution in [3.8, 4) is 0 Å². The van der Waals surface area contributed by atoms with E-state index >= 15 is 0 Å². The second-order valence-corrected chi connectivity index (χ2v) is 7.56. The summed E-state index contributed by atoms with van der Waals surface area (Å²) >= 11 is 0. The van der Waals surface area contributed by atoms with Crippen LogP contribution in [0.4, 0.5) is 4.11 Å². The van der Waals surface area contributed by atoms with Crippen LogP contribution >= 0.6 is 0 Å². The molecule has 0 amide bonds. The van der Waals surface area contributed by atoms with E-state index in [-0.39, 0.29) is 11.7 Å². The first-order valence-corrected chi connectivity index (χ1v) is 7.34. The van der Waals surface area contributed by atoms with E-state index in [4.69, 9.17) is 0 Å². The molecular weight excluding hydrogens is 185 g/mol. The van der Waals surface area contributed by atoms with Crippen LogP contribution < -0.4 is 5.56 Å². The lowest BCUT2D eigenvalue weighted by Gasteiger charge is -2.15. The van der Waals surface area contributed by atoms with E-state index in [0.29, 0.717) is 0 Å². The first-order chi connectivity index (χ1) is 5.90. The monoisotopic (exact) mass is 199 g/mol. The molecule has 13 heavy (non-hydrogen) atoms. The van der Waals surface area contributed by atoms with Crippen molar-refractivity contribution in [2.45, 2.75) is 26.2 Å². The smallest absolute Gasteiger partial charge is 0.260 e. The second-order valence-electron chi connectivity index (χ2n) is 3.81. The van der Waals surface area contributed by atoms with Crippen molar-refractivity contribution in [3.63, 3.8) is 0 Å². The van der Waals surface area contributed by atoms with Gasteiger partial charge in [-0.25, -0.2) is 0 Å². The molecule has 1 heterocycles. The highest BCUT2D eigenvalue weighted by Gasteiger charge is 2.21. The third kappa shape index (κ3) is 2.80. The maximum Gasteiger partial charge on any atom is 0.260 e. The molecule has 0 spiro atoms. The van der Waals surface area contributed by atoms with E-state index in [0.717, 1.165) is 5.69 Å². The molecule has 72 valence electrons. The molecule has 1 rings (SSSR count). The molecule has 0 fully saturated rings. The molecule has 0 saturated carbocycles. The van der Waals surface area contributed by atoms with Gasteiger partial charge in [-0.2, -0.15) is 0 Å². The van der Waals surface area contributed by atoms with Gasteiger partial charge in [0.1, 0.15) is 0 Å². The van der Waals surface area contributed by atoms with Crippen molar-refractivity contribution >= 4 is 8.41 Å². The molecule has 0 atom stereocenters. The fourth-order valence-corrected chi connectivity index (χ4v) is 2.36. The summed E-state index contributed by atoms with van der Waals surface area (Å²) in [7, 11) is -2.70. The predicted octanol–water partition coefficient (Wildman–Crippen LogP) is 1.87. The van der Waals surface area contributed by atoms with E-state index in [2.05, 4.69) is 0 Å². The molecule has 0 N–H and O–H groups in total. The molecule has 0 aromatic carbocycles. The zero-order valence-corrected chi connectivity index (χ0v) is 9.17. The van der Waals surface area contributed by atoms with Gasteiger partial charge in [0.15, 0.2) is 0 Å². The van der Waals surface area contributed by atoms with Gasteiger partial charge >= 0.3 is 0 Å². The van der Waals surface area contributed by atoms with Crippen LogP contribution in [0.1, 0.15) is 5.69 Å². The lowest BCUT2D eigenvalue weighted by molar-refractivity contribution is 0.689. The third-order valence-corrected chi connectivity index (χ3v) is 2.87. The summed E-state index contributed by atoms with van der Waals surface area (Å²) in [6, 6.07) is 4.98. The largest absolute Gasteiger partial charge is 0.313 e. The lowest BCUT2D eigenvalue weighted by atomic mass is 10.4. The number of hydrogen-bond donors (Lipinski definition) is 0. The molecule has 1 aromatic heterocycles. The Labute approximate surface area is 78.2 Å². The number of rotatable bonds is 2. The van der Waals surface area contributed by atoms with Gasteiger partial charge in [-0.1, -0.05) is 6.07 Å². The van der Waals surface area contributed by atoms with Gasteiger partial charge in [0.05, 0.1) is 0 Å². The fraction of sp³-hybridized carbons (Fsp3) is 0.444. The Morgan fingerprint density at radius 1 is 1.46 bits per heavy atom. The highest BCUT2D eigenvalue weighted by molar-refractivity contribution is 6.69. The van der Waals surface area contributed by atoms with Crippen LogP contribution in [0, 0.1) is 6.92 Å². The van der Waals surface area contributed by atoms with Crippen LogP contribution in [0.5, 0.6) is 0 Å². The quantitative estimate of drug-likeness (QED) is 0.526. The molecular formula is C9H14FNOSi. The zero-order valence-electron chi connectivity index (χ0n) is 8.17. The molecule has 0 bridgehead atoms. The number of pyridine rings is 1. The molecule has 1 aromatic rings.